The van der Waals surface area contributed by atoms with Gasteiger partial charge < -0.3 is 5.32 Å². The summed E-state index contributed by atoms with van der Waals surface area (Å²) in [6, 6.07) is 0. The number of thioether (sulfide) groups is 1. The molecule has 0 fully saturated rings. The fourth-order valence-electron chi connectivity index (χ4n) is 0.817. The van der Waals surface area contributed by atoms with Gasteiger partial charge in [-0.25, -0.2) is 4.98 Å². The first-order valence-electron chi connectivity index (χ1n) is 4.08. The molecule has 0 spiro atoms. The molecular weight excluding hydrogens is 202 g/mol. The third-order valence-corrected chi connectivity index (χ3v) is 3.21. The second kappa shape index (κ2) is 6.12. The molecule has 0 bridgehead atoms. The molecule has 1 unspecified atom stereocenters. The van der Waals surface area contributed by atoms with Crippen LogP contribution >= 0.6 is 23.3 Å². The average Bonchev–Trinajstić information content (AvgIpc) is 2.57. The van der Waals surface area contributed by atoms with Crippen LogP contribution in [0.2, 0.25) is 0 Å². The molecule has 1 aromatic heterocycles. The van der Waals surface area contributed by atoms with E-state index >= 15 is 0 Å². The molecule has 0 aliphatic rings. The van der Waals surface area contributed by atoms with Crippen molar-refractivity contribution in [2.24, 2.45) is 0 Å². The van der Waals surface area contributed by atoms with Gasteiger partial charge in [0.1, 0.15) is 6.33 Å². The van der Waals surface area contributed by atoms with E-state index in [1.807, 2.05) is 6.08 Å². The van der Waals surface area contributed by atoms with Gasteiger partial charge in [-0.05, 0) is 11.5 Å². The molecule has 0 aliphatic heterocycles. The predicted octanol–water partition coefficient (Wildman–Crippen LogP) is 1.79. The zero-order valence-electron chi connectivity index (χ0n) is 7.56. The van der Waals surface area contributed by atoms with Gasteiger partial charge in [0.2, 0.25) is 0 Å². The van der Waals surface area contributed by atoms with E-state index in [0.29, 0.717) is 5.25 Å². The van der Waals surface area contributed by atoms with Crippen molar-refractivity contribution in [3.63, 3.8) is 0 Å². The summed E-state index contributed by atoms with van der Waals surface area (Å²) in [6.07, 6.45) is 3.46. The maximum Gasteiger partial charge on any atom is 0.170 e. The Morgan fingerprint density at radius 2 is 2.69 bits per heavy atom. The summed E-state index contributed by atoms with van der Waals surface area (Å²) in [5.41, 5.74) is 0. The zero-order chi connectivity index (χ0) is 9.52. The van der Waals surface area contributed by atoms with Crippen molar-refractivity contribution in [3.8, 4) is 0 Å². The molecule has 0 aromatic carbocycles. The summed E-state index contributed by atoms with van der Waals surface area (Å²) in [6.45, 7) is 7.64. The lowest BCUT2D eigenvalue weighted by Gasteiger charge is -2.08. The van der Waals surface area contributed by atoms with Crippen LogP contribution < -0.4 is 5.32 Å². The number of aromatic nitrogens is 2. The van der Waals surface area contributed by atoms with E-state index in [1.54, 1.807) is 18.1 Å². The monoisotopic (exact) mass is 215 g/mol. The fraction of sp³-hybridized carbons (Fsp3) is 0.500. The normalized spacial score (nSPS) is 12.7. The second-order valence-corrected chi connectivity index (χ2v) is 5.05. The lowest BCUT2D eigenvalue weighted by molar-refractivity contribution is 0.740. The van der Waals surface area contributed by atoms with Gasteiger partial charge in [0, 0.05) is 18.3 Å². The van der Waals surface area contributed by atoms with Gasteiger partial charge >= 0.3 is 0 Å². The lowest BCUT2D eigenvalue weighted by Crippen LogP contribution is -2.22. The van der Waals surface area contributed by atoms with Crippen molar-refractivity contribution in [1.82, 2.24) is 14.7 Å². The number of nitrogens with one attached hydrogen (secondary N) is 1. The molecule has 0 aliphatic carbocycles. The molecule has 1 rings (SSSR count). The minimum atomic E-state index is 0.521. The number of hydrogen-bond acceptors (Lipinski definition) is 5. The van der Waals surface area contributed by atoms with Gasteiger partial charge in [0.05, 0.1) is 0 Å². The van der Waals surface area contributed by atoms with Crippen molar-refractivity contribution < 1.29 is 0 Å². The highest BCUT2D eigenvalue weighted by Gasteiger charge is 2.05. The van der Waals surface area contributed by atoms with Crippen LogP contribution in [0.15, 0.2) is 23.3 Å². The molecule has 0 saturated carbocycles. The smallest absolute Gasteiger partial charge is 0.170 e. The van der Waals surface area contributed by atoms with Crippen molar-refractivity contribution in [2.75, 3.05) is 13.1 Å². The standard InChI is InChI=1S/C8H13N3S2/c1-3-4-9-5-7(2)12-8-10-6-11-13-8/h3,6-7,9H,1,4-5H2,2H3. The van der Waals surface area contributed by atoms with Gasteiger partial charge in [-0.15, -0.1) is 6.58 Å². The Hall–Kier alpha value is -0.390. The first-order valence-corrected chi connectivity index (χ1v) is 5.73. The first kappa shape index (κ1) is 10.7. The van der Waals surface area contributed by atoms with E-state index in [2.05, 4.69) is 28.2 Å². The van der Waals surface area contributed by atoms with Gasteiger partial charge in [-0.2, -0.15) is 4.37 Å². The van der Waals surface area contributed by atoms with E-state index in [0.717, 1.165) is 17.4 Å². The zero-order valence-corrected chi connectivity index (χ0v) is 9.20. The molecular formula is C8H13N3S2. The number of rotatable bonds is 6. The highest BCUT2D eigenvalue weighted by molar-refractivity contribution is 8.01. The minimum Gasteiger partial charge on any atom is -0.312 e. The second-order valence-electron chi connectivity index (χ2n) is 2.58. The molecule has 1 atom stereocenters. The van der Waals surface area contributed by atoms with Gasteiger partial charge in [-0.1, -0.05) is 24.8 Å². The Balaban J connectivity index is 2.17. The predicted molar refractivity (Wildman–Crippen MR) is 58.3 cm³/mol. The van der Waals surface area contributed by atoms with Crippen LogP contribution in [0.25, 0.3) is 0 Å². The van der Waals surface area contributed by atoms with Crippen LogP contribution in [0.4, 0.5) is 0 Å². The summed E-state index contributed by atoms with van der Waals surface area (Å²) in [7, 11) is 0. The van der Waals surface area contributed by atoms with Crippen LogP contribution in [-0.4, -0.2) is 27.7 Å². The van der Waals surface area contributed by atoms with E-state index in [4.69, 9.17) is 0 Å². The quantitative estimate of drug-likeness (QED) is 0.446. The lowest BCUT2D eigenvalue weighted by atomic mass is 10.4. The highest BCUT2D eigenvalue weighted by atomic mass is 32.2. The summed E-state index contributed by atoms with van der Waals surface area (Å²) in [4.78, 5) is 4.11. The third-order valence-electron chi connectivity index (χ3n) is 1.36. The van der Waals surface area contributed by atoms with Crippen LogP contribution in [0.3, 0.4) is 0 Å². The van der Waals surface area contributed by atoms with Gasteiger partial charge in [0.15, 0.2) is 4.34 Å². The van der Waals surface area contributed by atoms with E-state index in [9.17, 15) is 0 Å². The molecule has 1 N–H and O–H groups in total. The Morgan fingerprint density at radius 3 is 3.31 bits per heavy atom. The van der Waals surface area contributed by atoms with Crippen molar-refractivity contribution in [2.45, 2.75) is 16.5 Å². The fourth-order valence-corrected chi connectivity index (χ4v) is 2.54. The molecule has 0 saturated heterocycles. The van der Waals surface area contributed by atoms with E-state index in [-0.39, 0.29) is 0 Å². The molecule has 72 valence electrons. The summed E-state index contributed by atoms with van der Waals surface area (Å²) in [5, 5.41) is 3.79. The number of hydrogen-bond donors (Lipinski definition) is 1. The Kier molecular flexibility index (Phi) is 5.03. The van der Waals surface area contributed by atoms with E-state index < -0.39 is 0 Å². The minimum absolute atomic E-state index is 0.521. The van der Waals surface area contributed by atoms with Crippen molar-refractivity contribution >= 4 is 23.3 Å². The molecule has 1 heterocycles. The Morgan fingerprint density at radius 1 is 1.85 bits per heavy atom. The van der Waals surface area contributed by atoms with Crippen molar-refractivity contribution in [3.05, 3.63) is 19.0 Å². The summed E-state index contributed by atoms with van der Waals surface area (Å²) in [5.74, 6) is 0. The summed E-state index contributed by atoms with van der Waals surface area (Å²) < 4.78 is 4.98. The topological polar surface area (TPSA) is 37.8 Å². The summed E-state index contributed by atoms with van der Waals surface area (Å²) >= 11 is 3.19. The van der Waals surface area contributed by atoms with Crippen LogP contribution in [0, 0.1) is 0 Å². The van der Waals surface area contributed by atoms with Crippen LogP contribution in [0.5, 0.6) is 0 Å². The molecule has 3 nitrogen and oxygen atoms in total. The van der Waals surface area contributed by atoms with Crippen LogP contribution in [-0.2, 0) is 0 Å². The molecule has 0 amide bonds. The number of nitrogens with zero attached hydrogens (tertiary/aromatic N) is 2. The maximum absolute atomic E-state index is 4.11. The van der Waals surface area contributed by atoms with E-state index in [1.165, 1.54) is 11.5 Å². The largest absolute Gasteiger partial charge is 0.312 e. The first-order chi connectivity index (χ1) is 6.33. The average molecular weight is 215 g/mol. The molecule has 13 heavy (non-hydrogen) atoms. The van der Waals surface area contributed by atoms with Gasteiger partial charge in [-0.3, -0.25) is 0 Å². The highest BCUT2D eigenvalue weighted by Crippen LogP contribution is 2.22. The van der Waals surface area contributed by atoms with Crippen LogP contribution in [0.1, 0.15) is 6.92 Å². The molecule has 5 heteroatoms. The molecule has 1 aromatic rings. The molecule has 0 radical (unpaired) electrons. The third kappa shape index (κ3) is 4.40. The van der Waals surface area contributed by atoms with Crippen molar-refractivity contribution in [1.29, 1.82) is 0 Å². The maximum atomic E-state index is 4.11. The Labute approximate surface area is 86.8 Å². The van der Waals surface area contributed by atoms with Gasteiger partial charge in [0.25, 0.3) is 0 Å². The Bertz CT molecular complexity index is 236. The SMILES string of the molecule is C=CCNCC(C)Sc1ncns1.